The van der Waals surface area contributed by atoms with E-state index < -0.39 is 5.91 Å². The van der Waals surface area contributed by atoms with Crippen LogP contribution in [0.4, 0.5) is 5.69 Å². The Balaban J connectivity index is 1.75. The lowest BCUT2D eigenvalue weighted by Gasteiger charge is -2.07. The van der Waals surface area contributed by atoms with Gasteiger partial charge in [-0.15, -0.1) is 0 Å². The van der Waals surface area contributed by atoms with Crippen LogP contribution in [0.2, 0.25) is 0 Å². The lowest BCUT2D eigenvalue weighted by atomic mass is 10.1. The molecular weight excluding hydrogens is 254 g/mol. The van der Waals surface area contributed by atoms with Gasteiger partial charge in [0.15, 0.2) is 5.65 Å². The topological polar surface area (TPSA) is 85.3 Å². The second kappa shape index (κ2) is 5.00. The van der Waals surface area contributed by atoms with E-state index in [1.54, 1.807) is 29.0 Å². The molecule has 2 aromatic heterocycles. The van der Waals surface area contributed by atoms with E-state index in [9.17, 15) is 4.79 Å². The second-order valence-corrected chi connectivity index (χ2v) is 4.39. The molecule has 0 aliphatic carbocycles. The van der Waals surface area contributed by atoms with Crippen molar-refractivity contribution in [3.05, 3.63) is 60.0 Å². The Morgan fingerprint density at radius 2 is 2.25 bits per heavy atom. The highest BCUT2D eigenvalue weighted by Gasteiger charge is 2.02. The van der Waals surface area contributed by atoms with Crippen LogP contribution in [0.1, 0.15) is 15.9 Å². The summed E-state index contributed by atoms with van der Waals surface area (Å²) in [5.74, 6) is -0.425. The van der Waals surface area contributed by atoms with Crippen LogP contribution in [0.15, 0.2) is 48.9 Å². The normalized spacial score (nSPS) is 10.6. The van der Waals surface area contributed by atoms with E-state index >= 15 is 0 Å². The van der Waals surface area contributed by atoms with Gasteiger partial charge < -0.3 is 11.1 Å². The Hall–Kier alpha value is -2.89. The SMILES string of the molecule is NC(=O)c1cccc(CNc2cnc3ccnn3c2)c1. The van der Waals surface area contributed by atoms with Crippen molar-refractivity contribution < 1.29 is 4.79 Å². The van der Waals surface area contributed by atoms with Gasteiger partial charge in [0.05, 0.1) is 24.3 Å². The molecule has 6 heteroatoms. The highest BCUT2D eigenvalue weighted by atomic mass is 16.1. The summed E-state index contributed by atoms with van der Waals surface area (Å²) in [5, 5.41) is 7.36. The third kappa shape index (κ3) is 2.44. The van der Waals surface area contributed by atoms with Crippen molar-refractivity contribution in [1.82, 2.24) is 14.6 Å². The highest BCUT2D eigenvalue weighted by molar-refractivity contribution is 5.92. The number of amides is 1. The molecule has 3 rings (SSSR count). The maximum atomic E-state index is 11.1. The van der Waals surface area contributed by atoms with Crippen LogP contribution in [0.5, 0.6) is 0 Å². The molecule has 0 spiro atoms. The standard InChI is InChI=1S/C14H13N5O/c15-14(20)11-3-1-2-10(6-11)7-16-12-8-17-13-4-5-18-19(13)9-12/h1-6,8-9,16H,7H2,(H2,15,20). The first-order valence-electron chi connectivity index (χ1n) is 6.14. The molecule has 0 atom stereocenters. The molecule has 1 amide bonds. The summed E-state index contributed by atoms with van der Waals surface area (Å²) in [5.41, 5.74) is 8.39. The second-order valence-electron chi connectivity index (χ2n) is 4.39. The third-order valence-electron chi connectivity index (χ3n) is 2.95. The molecule has 0 fully saturated rings. The first kappa shape index (κ1) is 12.2. The molecule has 0 aliphatic heterocycles. The van der Waals surface area contributed by atoms with Crippen molar-refractivity contribution in [3.8, 4) is 0 Å². The lowest BCUT2D eigenvalue weighted by molar-refractivity contribution is 0.1000. The minimum Gasteiger partial charge on any atom is -0.378 e. The van der Waals surface area contributed by atoms with Gasteiger partial charge in [0.25, 0.3) is 0 Å². The van der Waals surface area contributed by atoms with Gasteiger partial charge in [0.1, 0.15) is 0 Å². The van der Waals surface area contributed by atoms with Crippen molar-refractivity contribution in [2.24, 2.45) is 5.73 Å². The smallest absolute Gasteiger partial charge is 0.248 e. The van der Waals surface area contributed by atoms with Gasteiger partial charge in [-0.2, -0.15) is 5.10 Å². The van der Waals surface area contributed by atoms with Crippen molar-refractivity contribution in [2.75, 3.05) is 5.32 Å². The average molecular weight is 267 g/mol. The summed E-state index contributed by atoms with van der Waals surface area (Å²) in [4.78, 5) is 15.4. The fourth-order valence-corrected chi connectivity index (χ4v) is 1.94. The van der Waals surface area contributed by atoms with Crippen LogP contribution in [-0.2, 0) is 6.54 Å². The van der Waals surface area contributed by atoms with Crippen LogP contribution in [0, 0.1) is 0 Å². The predicted octanol–water partition coefficient (Wildman–Crippen LogP) is 1.44. The Morgan fingerprint density at radius 3 is 3.10 bits per heavy atom. The summed E-state index contributed by atoms with van der Waals surface area (Å²) < 4.78 is 1.70. The highest BCUT2D eigenvalue weighted by Crippen LogP contribution is 2.10. The molecule has 0 saturated heterocycles. The van der Waals surface area contributed by atoms with Crippen molar-refractivity contribution in [2.45, 2.75) is 6.54 Å². The van der Waals surface area contributed by atoms with E-state index in [1.165, 1.54) is 0 Å². The van der Waals surface area contributed by atoms with Gasteiger partial charge in [-0.05, 0) is 17.7 Å². The molecule has 6 nitrogen and oxygen atoms in total. The van der Waals surface area contributed by atoms with Gasteiger partial charge in [-0.25, -0.2) is 9.50 Å². The van der Waals surface area contributed by atoms with Crippen molar-refractivity contribution in [1.29, 1.82) is 0 Å². The molecule has 3 aromatic rings. The lowest BCUT2D eigenvalue weighted by Crippen LogP contribution is -2.11. The number of primary amides is 1. The van der Waals surface area contributed by atoms with Crippen LogP contribution >= 0.6 is 0 Å². The minimum atomic E-state index is -0.425. The first-order chi connectivity index (χ1) is 9.72. The molecule has 0 saturated carbocycles. The van der Waals surface area contributed by atoms with Crippen LogP contribution in [0.25, 0.3) is 5.65 Å². The molecule has 0 unspecified atom stereocenters. The maximum absolute atomic E-state index is 11.1. The molecule has 0 aliphatic rings. The Labute approximate surface area is 115 Å². The first-order valence-corrected chi connectivity index (χ1v) is 6.14. The Morgan fingerprint density at radius 1 is 1.35 bits per heavy atom. The number of hydrogen-bond donors (Lipinski definition) is 2. The fraction of sp³-hybridized carbons (Fsp3) is 0.0714. The zero-order valence-electron chi connectivity index (χ0n) is 10.7. The summed E-state index contributed by atoms with van der Waals surface area (Å²) in [6, 6.07) is 9.05. The number of anilines is 1. The zero-order chi connectivity index (χ0) is 13.9. The van der Waals surface area contributed by atoms with Gasteiger partial charge >= 0.3 is 0 Å². The molecule has 100 valence electrons. The summed E-state index contributed by atoms with van der Waals surface area (Å²) in [6.45, 7) is 0.579. The zero-order valence-corrected chi connectivity index (χ0v) is 10.7. The third-order valence-corrected chi connectivity index (χ3v) is 2.95. The van der Waals surface area contributed by atoms with E-state index in [4.69, 9.17) is 5.73 Å². The van der Waals surface area contributed by atoms with Crippen LogP contribution < -0.4 is 11.1 Å². The van der Waals surface area contributed by atoms with E-state index in [2.05, 4.69) is 15.4 Å². The average Bonchev–Trinajstić information content (AvgIpc) is 2.93. The van der Waals surface area contributed by atoms with Crippen molar-refractivity contribution >= 4 is 17.2 Å². The van der Waals surface area contributed by atoms with Gasteiger partial charge in [-0.3, -0.25) is 4.79 Å². The molecule has 1 aromatic carbocycles. The molecular formula is C14H13N5O. The van der Waals surface area contributed by atoms with E-state index in [-0.39, 0.29) is 0 Å². The number of hydrogen-bond acceptors (Lipinski definition) is 4. The number of aromatic nitrogens is 3. The predicted molar refractivity (Wildman–Crippen MR) is 75.3 cm³/mol. The fourth-order valence-electron chi connectivity index (χ4n) is 1.94. The number of benzene rings is 1. The Kier molecular flexibility index (Phi) is 3.04. The number of carbonyl (C=O) groups is 1. The monoisotopic (exact) mass is 267 g/mol. The molecule has 20 heavy (non-hydrogen) atoms. The number of fused-ring (bicyclic) bond motifs is 1. The summed E-state index contributed by atoms with van der Waals surface area (Å²) >= 11 is 0. The number of carbonyl (C=O) groups excluding carboxylic acids is 1. The number of nitrogens with one attached hydrogen (secondary N) is 1. The van der Waals surface area contributed by atoms with Gasteiger partial charge in [0.2, 0.25) is 5.91 Å². The quantitative estimate of drug-likeness (QED) is 0.749. The largest absolute Gasteiger partial charge is 0.378 e. The number of nitrogens with zero attached hydrogens (tertiary/aromatic N) is 3. The van der Waals surface area contributed by atoms with Crippen LogP contribution in [-0.4, -0.2) is 20.5 Å². The maximum Gasteiger partial charge on any atom is 0.248 e. The minimum absolute atomic E-state index is 0.425. The summed E-state index contributed by atoms with van der Waals surface area (Å²) in [6.07, 6.45) is 5.30. The van der Waals surface area contributed by atoms with Crippen molar-refractivity contribution in [3.63, 3.8) is 0 Å². The molecule has 3 N–H and O–H groups in total. The summed E-state index contributed by atoms with van der Waals surface area (Å²) in [7, 11) is 0. The number of nitrogens with two attached hydrogens (primary N) is 1. The number of rotatable bonds is 4. The molecule has 2 heterocycles. The van der Waals surface area contributed by atoms with Gasteiger partial charge in [0, 0.05) is 18.2 Å². The van der Waals surface area contributed by atoms with E-state index in [0.29, 0.717) is 12.1 Å². The van der Waals surface area contributed by atoms with E-state index in [1.807, 2.05) is 24.4 Å². The molecule has 0 radical (unpaired) electrons. The Bertz CT molecular complexity index is 765. The van der Waals surface area contributed by atoms with Crippen LogP contribution in [0.3, 0.4) is 0 Å². The molecule has 0 bridgehead atoms. The van der Waals surface area contributed by atoms with Gasteiger partial charge in [-0.1, -0.05) is 12.1 Å². The van der Waals surface area contributed by atoms with E-state index in [0.717, 1.165) is 16.9 Å².